The normalized spacial score (nSPS) is 17.6. The van der Waals surface area contributed by atoms with Crippen molar-refractivity contribution in [1.29, 1.82) is 0 Å². The molecule has 0 aliphatic carbocycles. The molecule has 0 unspecified atom stereocenters. The monoisotopic (exact) mass is 335 g/mol. The van der Waals surface area contributed by atoms with Crippen molar-refractivity contribution in [2.45, 2.75) is 31.8 Å². The fourth-order valence-corrected chi connectivity index (χ4v) is 2.67. The van der Waals surface area contributed by atoms with Gasteiger partial charge in [0.25, 0.3) is 0 Å². The first kappa shape index (κ1) is 18.5. The van der Waals surface area contributed by atoms with E-state index in [9.17, 15) is 4.79 Å². The van der Waals surface area contributed by atoms with Crippen molar-refractivity contribution in [3.8, 4) is 11.5 Å². The van der Waals surface area contributed by atoms with Crippen LogP contribution in [-0.4, -0.2) is 57.8 Å². The summed E-state index contributed by atoms with van der Waals surface area (Å²) in [5.74, 6) is 1.49. The number of rotatable bonds is 8. The van der Waals surface area contributed by atoms with Crippen molar-refractivity contribution < 1.29 is 14.3 Å². The molecule has 0 aromatic heterocycles. The highest BCUT2D eigenvalue weighted by Gasteiger charge is 2.20. The highest BCUT2D eigenvalue weighted by atomic mass is 16.5. The molecule has 1 atom stereocenters. The lowest BCUT2D eigenvalue weighted by atomic mass is 10.0. The number of hydrogen-bond acceptors (Lipinski definition) is 5. The molecule has 6 heteroatoms. The van der Waals surface area contributed by atoms with Gasteiger partial charge in [-0.25, -0.2) is 0 Å². The minimum absolute atomic E-state index is 0.0608. The number of nitrogens with one attached hydrogen (secondary N) is 2. The largest absolute Gasteiger partial charge is 0.493 e. The van der Waals surface area contributed by atoms with Crippen molar-refractivity contribution in [2.75, 3.05) is 40.9 Å². The molecule has 0 bridgehead atoms. The third-order valence-electron chi connectivity index (χ3n) is 4.12. The molecule has 0 spiro atoms. The summed E-state index contributed by atoms with van der Waals surface area (Å²) in [6, 6.07) is 5.71. The standard InChI is InChI=1S/C18H29N3O3/c1-21(2)10-11-24-16-8-7-14(12-17(16)23-3)13-20-18(22)15-6-4-5-9-19-15/h7-8,12,15,19H,4-6,9-11,13H2,1-3H3,(H,20,22)/t15-/m1/s1. The Morgan fingerprint density at radius 1 is 1.33 bits per heavy atom. The van der Waals surface area contributed by atoms with Gasteiger partial charge in [0.1, 0.15) is 6.61 Å². The Balaban J connectivity index is 1.87. The predicted molar refractivity (Wildman–Crippen MR) is 94.5 cm³/mol. The molecule has 6 nitrogen and oxygen atoms in total. The lowest BCUT2D eigenvalue weighted by Crippen LogP contribution is -2.46. The maximum atomic E-state index is 12.2. The van der Waals surface area contributed by atoms with Crippen molar-refractivity contribution in [3.05, 3.63) is 23.8 Å². The molecule has 1 fully saturated rings. The third kappa shape index (κ3) is 5.69. The van der Waals surface area contributed by atoms with Crippen molar-refractivity contribution in [2.24, 2.45) is 0 Å². The summed E-state index contributed by atoms with van der Waals surface area (Å²) < 4.78 is 11.2. The smallest absolute Gasteiger partial charge is 0.237 e. The van der Waals surface area contributed by atoms with E-state index in [0.717, 1.165) is 43.7 Å². The SMILES string of the molecule is COc1cc(CNC(=O)[C@H]2CCCCN2)ccc1OCCN(C)C. The maximum Gasteiger partial charge on any atom is 0.237 e. The van der Waals surface area contributed by atoms with Gasteiger partial charge in [-0.3, -0.25) is 4.79 Å². The number of amides is 1. The Hall–Kier alpha value is -1.79. The second kappa shape index (κ2) is 9.49. The van der Waals surface area contributed by atoms with Crippen LogP contribution in [0.5, 0.6) is 11.5 Å². The molecule has 0 radical (unpaired) electrons. The molecule has 1 heterocycles. The first-order chi connectivity index (χ1) is 11.6. The molecule has 1 aliphatic rings. The Kier molecular flexibility index (Phi) is 7.34. The first-order valence-electron chi connectivity index (χ1n) is 8.55. The van der Waals surface area contributed by atoms with E-state index in [-0.39, 0.29) is 11.9 Å². The van der Waals surface area contributed by atoms with Crippen molar-refractivity contribution in [1.82, 2.24) is 15.5 Å². The van der Waals surface area contributed by atoms with Gasteiger partial charge in [-0.1, -0.05) is 12.5 Å². The molecule has 0 saturated carbocycles. The van der Waals surface area contributed by atoms with E-state index in [4.69, 9.17) is 9.47 Å². The summed E-state index contributed by atoms with van der Waals surface area (Å²) >= 11 is 0. The Morgan fingerprint density at radius 2 is 2.17 bits per heavy atom. The second-order valence-corrected chi connectivity index (χ2v) is 6.36. The van der Waals surface area contributed by atoms with Crippen LogP contribution in [0.2, 0.25) is 0 Å². The van der Waals surface area contributed by atoms with Gasteiger partial charge in [-0.15, -0.1) is 0 Å². The van der Waals surface area contributed by atoms with Crippen LogP contribution in [0.25, 0.3) is 0 Å². The van der Waals surface area contributed by atoms with Gasteiger partial charge in [0, 0.05) is 13.1 Å². The number of carbonyl (C=O) groups excluding carboxylic acids is 1. The minimum atomic E-state index is -0.0608. The lowest BCUT2D eigenvalue weighted by Gasteiger charge is -2.22. The van der Waals surface area contributed by atoms with Crippen LogP contribution in [0.3, 0.4) is 0 Å². The van der Waals surface area contributed by atoms with Crippen LogP contribution < -0.4 is 20.1 Å². The zero-order chi connectivity index (χ0) is 17.4. The number of hydrogen-bond donors (Lipinski definition) is 2. The molecule has 1 aromatic carbocycles. The maximum absolute atomic E-state index is 12.2. The summed E-state index contributed by atoms with van der Waals surface area (Å²) in [4.78, 5) is 14.2. The molecular weight excluding hydrogens is 306 g/mol. The number of benzene rings is 1. The van der Waals surface area contributed by atoms with Crippen LogP contribution in [0, 0.1) is 0 Å². The molecule has 1 amide bonds. The summed E-state index contributed by atoms with van der Waals surface area (Å²) in [7, 11) is 5.64. The number of methoxy groups -OCH3 is 1. The molecule has 1 saturated heterocycles. The van der Waals surface area contributed by atoms with E-state index in [1.54, 1.807) is 7.11 Å². The number of carbonyl (C=O) groups is 1. The highest BCUT2D eigenvalue weighted by molar-refractivity contribution is 5.81. The zero-order valence-corrected chi connectivity index (χ0v) is 14.9. The van der Waals surface area contributed by atoms with Gasteiger partial charge in [0.15, 0.2) is 11.5 Å². The summed E-state index contributed by atoms with van der Waals surface area (Å²) in [5.41, 5.74) is 0.996. The Morgan fingerprint density at radius 3 is 2.83 bits per heavy atom. The van der Waals surface area contributed by atoms with Gasteiger partial charge in [-0.2, -0.15) is 0 Å². The van der Waals surface area contributed by atoms with Crippen LogP contribution in [0.15, 0.2) is 18.2 Å². The fraction of sp³-hybridized carbons (Fsp3) is 0.611. The topological polar surface area (TPSA) is 62.8 Å². The van der Waals surface area contributed by atoms with E-state index in [1.807, 2.05) is 32.3 Å². The van der Waals surface area contributed by atoms with Gasteiger partial charge < -0.3 is 25.0 Å². The zero-order valence-electron chi connectivity index (χ0n) is 14.9. The van der Waals surface area contributed by atoms with Crippen molar-refractivity contribution in [3.63, 3.8) is 0 Å². The van der Waals surface area contributed by atoms with Crippen LogP contribution in [0.4, 0.5) is 0 Å². The van der Waals surface area contributed by atoms with Crippen LogP contribution in [-0.2, 0) is 11.3 Å². The van der Waals surface area contributed by atoms with E-state index in [1.165, 1.54) is 0 Å². The highest BCUT2D eigenvalue weighted by Crippen LogP contribution is 2.28. The molecular formula is C18H29N3O3. The summed E-state index contributed by atoms with van der Waals surface area (Å²) in [6.45, 7) is 2.86. The first-order valence-corrected chi connectivity index (χ1v) is 8.55. The van der Waals surface area contributed by atoms with E-state index >= 15 is 0 Å². The van der Waals surface area contributed by atoms with Gasteiger partial charge >= 0.3 is 0 Å². The number of ether oxygens (including phenoxy) is 2. The average Bonchev–Trinajstić information content (AvgIpc) is 2.60. The van der Waals surface area contributed by atoms with E-state index in [2.05, 4.69) is 15.5 Å². The van der Waals surface area contributed by atoms with Gasteiger partial charge in [0.05, 0.1) is 13.2 Å². The Bertz CT molecular complexity index is 528. The second-order valence-electron chi connectivity index (χ2n) is 6.36. The quantitative estimate of drug-likeness (QED) is 0.752. The average molecular weight is 335 g/mol. The minimum Gasteiger partial charge on any atom is -0.493 e. The predicted octanol–water partition coefficient (Wildman–Crippen LogP) is 1.39. The van der Waals surface area contributed by atoms with Crippen molar-refractivity contribution >= 4 is 5.91 Å². The van der Waals surface area contributed by atoms with E-state index in [0.29, 0.717) is 18.9 Å². The van der Waals surface area contributed by atoms with Crippen LogP contribution >= 0.6 is 0 Å². The molecule has 1 aliphatic heterocycles. The van der Waals surface area contributed by atoms with Gasteiger partial charge in [-0.05, 0) is 51.2 Å². The number of nitrogens with zero attached hydrogens (tertiary/aromatic N) is 1. The molecule has 2 rings (SSSR count). The number of likely N-dealkylation sites (N-methyl/N-ethyl adjacent to an activating group) is 1. The van der Waals surface area contributed by atoms with Crippen LogP contribution in [0.1, 0.15) is 24.8 Å². The summed E-state index contributed by atoms with van der Waals surface area (Å²) in [5, 5.41) is 6.25. The third-order valence-corrected chi connectivity index (χ3v) is 4.12. The molecule has 134 valence electrons. The molecule has 24 heavy (non-hydrogen) atoms. The molecule has 1 aromatic rings. The summed E-state index contributed by atoms with van der Waals surface area (Å²) in [6.07, 6.45) is 3.17. The fourth-order valence-electron chi connectivity index (χ4n) is 2.67. The van der Waals surface area contributed by atoms with Gasteiger partial charge in [0.2, 0.25) is 5.91 Å². The number of piperidine rings is 1. The Labute approximate surface area is 144 Å². The molecule has 2 N–H and O–H groups in total. The van der Waals surface area contributed by atoms with E-state index < -0.39 is 0 Å². The lowest BCUT2D eigenvalue weighted by molar-refractivity contribution is -0.123.